The molecule has 110 valence electrons. The van der Waals surface area contributed by atoms with Gasteiger partial charge in [-0.1, -0.05) is 12.1 Å². The van der Waals surface area contributed by atoms with Crippen molar-refractivity contribution in [2.24, 2.45) is 5.73 Å². The third-order valence-electron chi connectivity index (χ3n) is 2.37. The van der Waals surface area contributed by atoms with Crippen LogP contribution in [0, 0.1) is 10.1 Å². The Morgan fingerprint density at radius 1 is 1.40 bits per heavy atom. The van der Waals surface area contributed by atoms with Crippen molar-refractivity contribution in [3.8, 4) is 0 Å². The number of nitrogens with two attached hydrogens (primary N) is 1. The molecule has 0 unspecified atom stereocenters. The van der Waals surface area contributed by atoms with Gasteiger partial charge >= 0.3 is 5.97 Å². The van der Waals surface area contributed by atoms with E-state index in [1.165, 1.54) is 12.1 Å². The summed E-state index contributed by atoms with van der Waals surface area (Å²) in [6, 6.07) is 4.73. The van der Waals surface area contributed by atoms with Gasteiger partial charge in [0.15, 0.2) is 4.90 Å². The smallest absolute Gasteiger partial charge is 0.318 e. The molecular formula is C10H13N3O6S. The Kier molecular flexibility index (Phi) is 5.13. The molecule has 0 aliphatic heterocycles. The van der Waals surface area contributed by atoms with Gasteiger partial charge in [0.1, 0.15) is 6.54 Å². The van der Waals surface area contributed by atoms with Crippen molar-refractivity contribution in [2.75, 3.05) is 19.6 Å². The van der Waals surface area contributed by atoms with E-state index in [4.69, 9.17) is 10.8 Å². The molecule has 0 saturated carbocycles. The number of carboxylic acids is 1. The molecule has 0 fully saturated rings. The number of benzene rings is 1. The van der Waals surface area contributed by atoms with E-state index in [1.807, 2.05) is 0 Å². The van der Waals surface area contributed by atoms with Crippen LogP contribution in [0.2, 0.25) is 0 Å². The summed E-state index contributed by atoms with van der Waals surface area (Å²) in [7, 11) is -4.30. The van der Waals surface area contributed by atoms with Gasteiger partial charge in [-0.05, 0) is 6.07 Å². The Bertz CT molecular complexity index is 615. The second-order valence-corrected chi connectivity index (χ2v) is 5.65. The molecule has 10 heteroatoms. The number of carbonyl (C=O) groups is 1. The van der Waals surface area contributed by atoms with E-state index in [2.05, 4.69) is 0 Å². The summed E-state index contributed by atoms with van der Waals surface area (Å²) in [5.74, 6) is -1.37. The van der Waals surface area contributed by atoms with Crippen molar-refractivity contribution in [1.82, 2.24) is 4.31 Å². The monoisotopic (exact) mass is 303 g/mol. The van der Waals surface area contributed by atoms with Gasteiger partial charge in [0.25, 0.3) is 5.69 Å². The van der Waals surface area contributed by atoms with Crippen molar-refractivity contribution in [2.45, 2.75) is 4.90 Å². The third-order valence-corrected chi connectivity index (χ3v) is 4.26. The summed E-state index contributed by atoms with van der Waals surface area (Å²) in [5.41, 5.74) is 4.63. The van der Waals surface area contributed by atoms with Gasteiger partial charge in [-0.3, -0.25) is 14.9 Å². The van der Waals surface area contributed by atoms with Crippen LogP contribution in [0.5, 0.6) is 0 Å². The maximum Gasteiger partial charge on any atom is 0.318 e. The first-order chi connectivity index (χ1) is 9.30. The first kappa shape index (κ1) is 16.0. The van der Waals surface area contributed by atoms with Crippen LogP contribution in [0.3, 0.4) is 0 Å². The number of hydrogen-bond donors (Lipinski definition) is 2. The highest BCUT2D eigenvalue weighted by atomic mass is 32.2. The second-order valence-electron chi connectivity index (χ2n) is 3.75. The molecule has 0 radical (unpaired) electrons. The summed E-state index contributed by atoms with van der Waals surface area (Å²) in [4.78, 5) is 20.2. The summed E-state index contributed by atoms with van der Waals surface area (Å²) in [5, 5.41) is 19.6. The van der Waals surface area contributed by atoms with Gasteiger partial charge in [-0.2, -0.15) is 4.31 Å². The van der Waals surface area contributed by atoms with E-state index in [0.29, 0.717) is 4.31 Å². The summed E-state index contributed by atoms with van der Waals surface area (Å²) in [6.45, 7) is -1.17. The number of nitrogens with zero attached hydrogens (tertiary/aromatic N) is 2. The zero-order valence-electron chi connectivity index (χ0n) is 10.3. The van der Waals surface area contributed by atoms with Crippen molar-refractivity contribution < 1.29 is 23.2 Å². The number of aliphatic carboxylic acids is 1. The van der Waals surface area contributed by atoms with Crippen LogP contribution < -0.4 is 5.73 Å². The highest BCUT2D eigenvalue weighted by Gasteiger charge is 2.32. The quantitative estimate of drug-likeness (QED) is 0.516. The molecule has 20 heavy (non-hydrogen) atoms. The van der Waals surface area contributed by atoms with Crippen LogP contribution in [-0.4, -0.2) is 48.4 Å². The number of para-hydroxylation sites is 1. The van der Waals surface area contributed by atoms with Gasteiger partial charge in [0, 0.05) is 19.2 Å². The predicted octanol–water partition coefficient (Wildman–Crippen LogP) is -0.371. The molecule has 1 rings (SSSR count). The Morgan fingerprint density at radius 3 is 2.50 bits per heavy atom. The van der Waals surface area contributed by atoms with Crippen LogP contribution in [0.1, 0.15) is 0 Å². The Morgan fingerprint density at radius 2 is 2.00 bits per heavy atom. The number of nitro benzene ring substituents is 1. The Balaban J connectivity index is 3.33. The molecule has 1 aromatic carbocycles. The first-order valence-electron chi connectivity index (χ1n) is 5.46. The molecule has 3 N–H and O–H groups in total. The fourth-order valence-corrected chi connectivity index (χ4v) is 3.11. The third kappa shape index (κ3) is 3.50. The Hall–Kier alpha value is -2.04. The molecule has 0 aliphatic rings. The lowest BCUT2D eigenvalue weighted by molar-refractivity contribution is -0.387. The zero-order chi connectivity index (χ0) is 15.3. The van der Waals surface area contributed by atoms with Crippen LogP contribution in [0.4, 0.5) is 5.69 Å². The van der Waals surface area contributed by atoms with Crippen LogP contribution in [0.25, 0.3) is 0 Å². The van der Waals surface area contributed by atoms with Gasteiger partial charge in [-0.25, -0.2) is 8.42 Å². The number of rotatable bonds is 7. The predicted molar refractivity (Wildman–Crippen MR) is 68.5 cm³/mol. The average Bonchev–Trinajstić information content (AvgIpc) is 2.37. The number of sulfonamides is 1. The van der Waals surface area contributed by atoms with Gasteiger partial charge in [0.2, 0.25) is 10.0 Å². The van der Waals surface area contributed by atoms with Crippen molar-refractivity contribution >= 4 is 21.7 Å². The van der Waals surface area contributed by atoms with Crippen LogP contribution >= 0.6 is 0 Å². The lowest BCUT2D eigenvalue weighted by Crippen LogP contribution is -2.39. The molecular weight excluding hydrogens is 290 g/mol. The van der Waals surface area contributed by atoms with E-state index in [1.54, 1.807) is 0 Å². The fraction of sp³-hybridized carbons (Fsp3) is 0.300. The lowest BCUT2D eigenvalue weighted by atomic mass is 10.3. The standard InChI is InChI=1S/C10H13N3O6S/c11-5-6-12(7-10(14)15)20(18,19)9-4-2-1-3-8(9)13(16)17/h1-4H,5-7,11H2,(H,14,15). The first-order valence-corrected chi connectivity index (χ1v) is 6.90. The molecule has 0 heterocycles. The number of nitro groups is 1. The van der Waals surface area contributed by atoms with Crippen molar-refractivity contribution in [1.29, 1.82) is 0 Å². The maximum absolute atomic E-state index is 12.3. The van der Waals surface area contributed by atoms with E-state index in [0.717, 1.165) is 12.1 Å². The average molecular weight is 303 g/mol. The normalized spacial score (nSPS) is 11.5. The molecule has 1 aromatic rings. The molecule has 0 spiro atoms. The Labute approximate surface area is 114 Å². The molecule has 0 aromatic heterocycles. The minimum Gasteiger partial charge on any atom is -0.480 e. The topological polar surface area (TPSA) is 144 Å². The number of hydrogen-bond acceptors (Lipinski definition) is 6. The van der Waals surface area contributed by atoms with Crippen LogP contribution in [-0.2, 0) is 14.8 Å². The molecule has 0 aliphatic carbocycles. The van der Waals surface area contributed by atoms with Crippen molar-refractivity contribution in [3.63, 3.8) is 0 Å². The van der Waals surface area contributed by atoms with Crippen molar-refractivity contribution in [3.05, 3.63) is 34.4 Å². The molecule has 0 atom stereocenters. The summed E-state index contributed by atoms with van der Waals surface area (Å²) in [6.07, 6.45) is 0. The van der Waals surface area contributed by atoms with Gasteiger partial charge in [0.05, 0.1) is 4.92 Å². The molecule has 9 nitrogen and oxygen atoms in total. The SMILES string of the molecule is NCCN(CC(=O)O)S(=O)(=O)c1ccccc1[N+](=O)[O-]. The van der Waals surface area contributed by atoms with E-state index in [-0.39, 0.29) is 13.1 Å². The summed E-state index contributed by atoms with van der Waals surface area (Å²) < 4.78 is 25.2. The van der Waals surface area contributed by atoms with Gasteiger partial charge in [-0.15, -0.1) is 0 Å². The maximum atomic E-state index is 12.3. The minimum absolute atomic E-state index is 0.104. The number of carboxylic acid groups (broad SMARTS) is 1. The molecule has 0 amide bonds. The van der Waals surface area contributed by atoms with E-state index in [9.17, 15) is 23.3 Å². The molecule has 0 saturated heterocycles. The minimum atomic E-state index is -4.30. The van der Waals surface area contributed by atoms with Crippen LogP contribution in [0.15, 0.2) is 29.2 Å². The van der Waals surface area contributed by atoms with E-state index < -0.39 is 38.0 Å². The summed E-state index contributed by atoms with van der Waals surface area (Å²) >= 11 is 0. The highest BCUT2D eigenvalue weighted by molar-refractivity contribution is 7.89. The second kappa shape index (κ2) is 6.41. The lowest BCUT2D eigenvalue weighted by Gasteiger charge is -2.19. The zero-order valence-corrected chi connectivity index (χ0v) is 11.1. The van der Waals surface area contributed by atoms with Gasteiger partial charge < -0.3 is 10.8 Å². The largest absolute Gasteiger partial charge is 0.480 e. The van der Waals surface area contributed by atoms with E-state index >= 15 is 0 Å². The highest BCUT2D eigenvalue weighted by Crippen LogP contribution is 2.25. The fourth-order valence-electron chi connectivity index (χ4n) is 1.54. The molecule has 0 bridgehead atoms.